The minimum absolute atomic E-state index is 0.489. The fourth-order valence-corrected chi connectivity index (χ4v) is 18.6. The Morgan fingerprint density at radius 3 is 1.04 bits per heavy atom. The zero-order valence-electron chi connectivity index (χ0n) is 15.7. The van der Waals surface area contributed by atoms with Gasteiger partial charge in [0.25, 0.3) is 0 Å². The summed E-state index contributed by atoms with van der Waals surface area (Å²) in [5.74, 6) is 0. The summed E-state index contributed by atoms with van der Waals surface area (Å²) in [6.45, 7) is -3.22. The van der Waals surface area contributed by atoms with Gasteiger partial charge in [-0.05, 0) is 0 Å². The van der Waals surface area contributed by atoms with E-state index in [0.29, 0.717) is 11.0 Å². The molecule has 0 amide bonds. The average Bonchev–Trinajstić information content (AvgIpc) is 2.69. The Hall–Kier alpha value is -1.61. The number of hydrogen-bond acceptors (Lipinski definition) is 2. The third-order valence-electron chi connectivity index (χ3n) is 5.07. The predicted molar refractivity (Wildman–Crippen MR) is 123 cm³/mol. The molecule has 0 aliphatic rings. The van der Waals surface area contributed by atoms with Crippen LogP contribution in [0.2, 0.25) is 0 Å². The van der Waals surface area contributed by atoms with E-state index in [1.807, 2.05) is 54.6 Å². The second kappa shape index (κ2) is 8.18. The van der Waals surface area contributed by atoms with E-state index in [4.69, 9.17) is 0 Å². The van der Waals surface area contributed by atoms with Gasteiger partial charge in [0.1, 0.15) is 0 Å². The van der Waals surface area contributed by atoms with Crippen LogP contribution < -0.4 is 15.9 Å². The van der Waals surface area contributed by atoms with Crippen LogP contribution in [0, 0.1) is 0 Å². The maximum atomic E-state index is 12.8. The van der Waals surface area contributed by atoms with Gasteiger partial charge in [-0.2, -0.15) is 0 Å². The van der Waals surface area contributed by atoms with Gasteiger partial charge in [0, 0.05) is 0 Å². The van der Waals surface area contributed by atoms with Crippen molar-refractivity contribution in [2.45, 2.75) is 0 Å². The van der Waals surface area contributed by atoms with Gasteiger partial charge in [-0.3, -0.25) is 0 Å². The molecule has 0 bridgehead atoms. The van der Waals surface area contributed by atoms with Crippen LogP contribution in [0.3, 0.4) is 0 Å². The van der Waals surface area contributed by atoms with Crippen LogP contribution in [0.25, 0.3) is 0 Å². The summed E-state index contributed by atoms with van der Waals surface area (Å²) in [7, 11) is -2.14. The summed E-state index contributed by atoms with van der Waals surface area (Å²) in [5.41, 5.74) is 0.979. The topological polar surface area (TPSA) is 34.1 Å². The zero-order chi connectivity index (χ0) is 19.4. The zero-order valence-corrected chi connectivity index (χ0v) is 18.2. The molecule has 3 aromatic rings. The van der Waals surface area contributed by atoms with Gasteiger partial charge in [0.2, 0.25) is 0 Å². The summed E-state index contributed by atoms with van der Waals surface area (Å²) in [6, 6.07) is 30.9. The van der Waals surface area contributed by atoms with E-state index in [2.05, 4.69) is 36.4 Å². The normalized spacial score (nSPS) is 15.4. The van der Waals surface area contributed by atoms with Gasteiger partial charge in [0.15, 0.2) is 0 Å². The molecule has 2 unspecified atom stereocenters. The summed E-state index contributed by atoms with van der Waals surface area (Å²) in [4.78, 5) is 0. The first-order chi connectivity index (χ1) is 13.0. The molecule has 0 radical (unpaired) electrons. The van der Waals surface area contributed by atoms with Crippen LogP contribution in [0.5, 0.6) is 0 Å². The van der Waals surface area contributed by atoms with Crippen molar-refractivity contribution in [2.24, 2.45) is 0 Å². The van der Waals surface area contributed by atoms with Crippen LogP contribution in [0.1, 0.15) is 0 Å². The van der Waals surface area contributed by atoms with Crippen LogP contribution in [-0.4, -0.2) is 31.9 Å². The molecule has 5 heteroatoms. The van der Waals surface area contributed by atoms with Gasteiger partial charge in [-0.25, -0.2) is 0 Å². The maximum absolute atomic E-state index is 12.8. The van der Waals surface area contributed by atoms with Crippen LogP contribution in [-0.2, 0) is 21.6 Å². The van der Waals surface area contributed by atoms with Gasteiger partial charge in [-0.15, -0.1) is 0 Å². The molecule has 3 aromatic carbocycles. The molecule has 0 heterocycles. The molecular formula is C22H25O2PS2. The van der Waals surface area contributed by atoms with Crippen molar-refractivity contribution in [1.29, 1.82) is 0 Å². The first kappa shape index (κ1) is 20.1. The monoisotopic (exact) mass is 416 g/mol. The van der Waals surface area contributed by atoms with Crippen LogP contribution in [0.4, 0.5) is 0 Å². The molecule has 3 rings (SSSR count). The van der Waals surface area contributed by atoms with Gasteiger partial charge < -0.3 is 0 Å². The van der Waals surface area contributed by atoms with E-state index < -0.39 is 28.2 Å². The van der Waals surface area contributed by atoms with E-state index in [0.717, 1.165) is 15.9 Å². The number of rotatable bonds is 7. The molecule has 0 aromatic heterocycles. The first-order valence-corrected chi connectivity index (χ1v) is 14.8. The molecule has 27 heavy (non-hydrogen) atoms. The van der Waals surface area contributed by atoms with E-state index in [9.17, 15) is 8.42 Å². The molecule has 0 spiro atoms. The molecule has 2 atom stereocenters. The van der Waals surface area contributed by atoms with Crippen molar-refractivity contribution in [3.63, 3.8) is 0 Å². The molecule has 0 aliphatic heterocycles. The summed E-state index contributed by atoms with van der Waals surface area (Å²) in [5, 5.41) is 3.43. The Bertz CT molecular complexity index is 824. The van der Waals surface area contributed by atoms with Crippen molar-refractivity contribution in [2.75, 3.05) is 23.5 Å². The molecule has 0 fully saturated rings. The van der Waals surface area contributed by atoms with Crippen molar-refractivity contribution < 1.29 is 8.42 Å². The van der Waals surface area contributed by atoms with Gasteiger partial charge >= 0.3 is 167 Å². The minimum atomic E-state index is -3.22. The summed E-state index contributed by atoms with van der Waals surface area (Å²) >= 11 is 0. The quantitative estimate of drug-likeness (QED) is 0.555. The van der Waals surface area contributed by atoms with Crippen LogP contribution >= 0.6 is 6.60 Å². The Balaban J connectivity index is 2.56. The van der Waals surface area contributed by atoms with Crippen molar-refractivity contribution in [3.8, 4) is 0 Å². The summed E-state index contributed by atoms with van der Waals surface area (Å²) < 4.78 is 25.6. The Kier molecular flexibility index (Phi) is 6.10. The molecule has 0 saturated heterocycles. The van der Waals surface area contributed by atoms with E-state index >= 15 is 0 Å². The summed E-state index contributed by atoms with van der Waals surface area (Å²) in [6.07, 6.45) is 3.52. The molecular weight excluding hydrogens is 391 g/mol. The molecule has 142 valence electrons. The molecule has 0 saturated carbocycles. The number of hydrogen-bond donors (Lipinski definition) is 0. The SMILES string of the molecule is CS(=O)CP(CS(C)=O)(c1ccccc1)(c1ccccc1)c1ccccc1. The third-order valence-corrected chi connectivity index (χ3v) is 17.2. The van der Waals surface area contributed by atoms with E-state index in [1.165, 1.54) is 0 Å². The third kappa shape index (κ3) is 3.59. The standard InChI is InChI=1S/C22H25O2PS2/c1-26(23)18-25(19-27(2)24,20-12-6-3-7-13-20,21-14-8-4-9-15-21)22-16-10-5-11-17-22/h3-17H,18-19H2,1-2H3. The molecule has 2 nitrogen and oxygen atoms in total. The second-order valence-corrected chi connectivity index (χ2v) is 15.8. The van der Waals surface area contributed by atoms with Crippen LogP contribution in [0.15, 0.2) is 91.0 Å². The Labute approximate surface area is 166 Å². The molecule has 0 N–H and O–H groups in total. The number of benzene rings is 3. The van der Waals surface area contributed by atoms with Crippen molar-refractivity contribution in [3.05, 3.63) is 91.0 Å². The molecule has 0 aliphatic carbocycles. The average molecular weight is 417 g/mol. The Morgan fingerprint density at radius 1 is 0.556 bits per heavy atom. The van der Waals surface area contributed by atoms with Crippen molar-refractivity contribution in [1.82, 2.24) is 0 Å². The first-order valence-electron chi connectivity index (χ1n) is 8.76. The Morgan fingerprint density at radius 2 is 0.815 bits per heavy atom. The fourth-order valence-electron chi connectivity index (χ4n) is 4.10. The van der Waals surface area contributed by atoms with Gasteiger partial charge in [-0.1, -0.05) is 0 Å². The van der Waals surface area contributed by atoms with Crippen molar-refractivity contribution >= 4 is 44.1 Å². The van der Waals surface area contributed by atoms with Gasteiger partial charge in [0.05, 0.1) is 0 Å². The van der Waals surface area contributed by atoms with E-state index in [-0.39, 0.29) is 0 Å². The predicted octanol–water partition coefficient (Wildman–Crippen LogP) is 3.19. The van der Waals surface area contributed by atoms with E-state index in [1.54, 1.807) is 12.5 Å². The fraction of sp³-hybridized carbons (Fsp3) is 0.182. The second-order valence-electron chi connectivity index (χ2n) is 6.92.